The maximum atomic E-state index is 12.3. The normalized spacial score (nSPS) is 13.0. The minimum atomic E-state index is -3.73. The van der Waals surface area contributed by atoms with E-state index in [1.807, 2.05) is 26.0 Å². The van der Waals surface area contributed by atoms with Gasteiger partial charge in [0.1, 0.15) is 11.5 Å². The third-order valence-electron chi connectivity index (χ3n) is 4.01. The molecule has 152 valence electrons. The molecule has 0 bridgehead atoms. The predicted octanol–water partition coefficient (Wildman–Crippen LogP) is 3.76. The average molecular weight is 444 g/mol. The van der Waals surface area contributed by atoms with Gasteiger partial charge in [-0.1, -0.05) is 6.92 Å². The average Bonchev–Trinajstić information content (AvgIpc) is 3.35. The molecule has 12 heteroatoms. The van der Waals surface area contributed by atoms with Gasteiger partial charge < -0.3 is 20.2 Å². The maximum Gasteiger partial charge on any atom is 0.255 e. The lowest BCUT2D eigenvalue weighted by molar-refractivity contribution is 0.452. The van der Waals surface area contributed by atoms with Crippen molar-refractivity contribution in [2.75, 3.05) is 24.7 Å². The van der Waals surface area contributed by atoms with Crippen LogP contribution in [-0.2, 0) is 10.0 Å². The van der Waals surface area contributed by atoms with Gasteiger partial charge in [-0.05, 0) is 25.5 Å². The first-order chi connectivity index (χ1) is 13.2. The van der Waals surface area contributed by atoms with Gasteiger partial charge in [0.15, 0.2) is 21.6 Å². The summed E-state index contributed by atoms with van der Waals surface area (Å²) in [6, 6.07) is 3.71. The fourth-order valence-electron chi connectivity index (χ4n) is 2.44. The highest BCUT2D eigenvalue weighted by Crippen LogP contribution is 2.41. The van der Waals surface area contributed by atoms with E-state index in [0.29, 0.717) is 11.6 Å². The summed E-state index contributed by atoms with van der Waals surface area (Å²) < 4.78 is 39.6. The SMILES string of the molecule is CC[C@@H](Nc1nsnc1Nc1csc(S(=O)(=O)N(C)C)c1O)c1ccc(C)o1. The quantitative estimate of drug-likeness (QED) is 0.481. The molecule has 0 aliphatic rings. The monoisotopic (exact) mass is 443 g/mol. The van der Waals surface area contributed by atoms with Gasteiger partial charge >= 0.3 is 0 Å². The fraction of sp³-hybridized carbons (Fsp3) is 0.375. The van der Waals surface area contributed by atoms with Crippen molar-refractivity contribution >= 4 is 50.4 Å². The first-order valence-electron chi connectivity index (χ1n) is 8.39. The van der Waals surface area contributed by atoms with Crippen molar-refractivity contribution in [3.05, 3.63) is 29.0 Å². The molecule has 3 rings (SSSR count). The summed E-state index contributed by atoms with van der Waals surface area (Å²) in [4.78, 5) is 0. The Morgan fingerprint density at radius 2 is 2.00 bits per heavy atom. The Morgan fingerprint density at radius 1 is 1.29 bits per heavy atom. The first-order valence-corrected chi connectivity index (χ1v) is 11.4. The van der Waals surface area contributed by atoms with Crippen LogP contribution in [0.25, 0.3) is 0 Å². The van der Waals surface area contributed by atoms with Crippen LogP contribution >= 0.6 is 23.1 Å². The molecule has 0 aliphatic heterocycles. The first kappa shape index (κ1) is 20.6. The second kappa shape index (κ2) is 8.07. The maximum absolute atomic E-state index is 12.3. The number of nitrogens with zero attached hydrogens (tertiary/aromatic N) is 3. The summed E-state index contributed by atoms with van der Waals surface area (Å²) in [5, 5.41) is 18.1. The number of rotatable bonds is 8. The highest BCUT2D eigenvalue weighted by atomic mass is 32.2. The van der Waals surface area contributed by atoms with Gasteiger partial charge in [-0.2, -0.15) is 8.75 Å². The predicted molar refractivity (Wildman–Crippen MR) is 110 cm³/mol. The Labute approximate surface area is 171 Å². The Hall–Kier alpha value is -2.15. The highest BCUT2D eigenvalue weighted by Gasteiger charge is 2.27. The van der Waals surface area contributed by atoms with E-state index in [1.54, 1.807) is 0 Å². The van der Waals surface area contributed by atoms with Gasteiger partial charge in [-0.25, -0.2) is 12.7 Å². The molecule has 0 radical (unpaired) electrons. The molecule has 0 aromatic carbocycles. The summed E-state index contributed by atoms with van der Waals surface area (Å²) in [5.74, 6) is 2.16. The molecule has 3 N–H and O–H groups in total. The van der Waals surface area contributed by atoms with Gasteiger partial charge in [0.05, 0.1) is 23.5 Å². The summed E-state index contributed by atoms with van der Waals surface area (Å²) in [6.07, 6.45) is 0.763. The van der Waals surface area contributed by atoms with E-state index in [0.717, 1.165) is 45.3 Å². The number of aromatic hydroxyl groups is 1. The molecule has 3 aromatic heterocycles. The summed E-state index contributed by atoms with van der Waals surface area (Å²) in [6.45, 7) is 3.90. The number of hydrogen-bond acceptors (Lipinski definition) is 10. The lowest BCUT2D eigenvalue weighted by atomic mass is 10.2. The molecular weight excluding hydrogens is 422 g/mol. The smallest absolute Gasteiger partial charge is 0.255 e. The van der Waals surface area contributed by atoms with Crippen molar-refractivity contribution in [2.45, 2.75) is 30.5 Å². The van der Waals surface area contributed by atoms with E-state index < -0.39 is 10.0 Å². The summed E-state index contributed by atoms with van der Waals surface area (Å²) in [5.41, 5.74) is 0.253. The van der Waals surface area contributed by atoms with Crippen LogP contribution in [0.5, 0.6) is 5.75 Å². The van der Waals surface area contributed by atoms with E-state index in [4.69, 9.17) is 4.42 Å². The van der Waals surface area contributed by atoms with E-state index >= 15 is 0 Å². The number of nitrogens with one attached hydrogen (secondary N) is 2. The molecule has 0 fully saturated rings. The van der Waals surface area contributed by atoms with E-state index in [2.05, 4.69) is 19.4 Å². The molecular formula is C16H21N5O4S3. The topological polar surface area (TPSA) is 121 Å². The molecule has 0 aliphatic carbocycles. The van der Waals surface area contributed by atoms with Crippen molar-refractivity contribution in [2.24, 2.45) is 0 Å². The van der Waals surface area contributed by atoms with Crippen LogP contribution in [0.3, 0.4) is 0 Å². The molecule has 0 spiro atoms. The van der Waals surface area contributed by atoms with Crippen LogP contribution in [-0.4, -0.2) is 40.7 Å². The lowest BCUT2D eigenvalue weighted by Gasteiger charge is -2.15. The van der Waals surface area contributed by atoms with Crippen LogP contribution in [0.4, 0.5) is 17.3 Å². The molecule has 9 nitrogen and oxygen atoms in total. The summed E-state index contributed by atoms with van der Waals surface area (Å²) in [7, 11) is -0.908. The van der Waals surface area contributed by atoms with Gasteiger partial charge in [0.2, 0.25) is 0 Å². The zero-order valence-corrected chi connectivity index (χ0v) is 18.2. The second-order valence-corrected chi connectivity index (χ2v) is 9.97. The largest absolute Gasteiger partial charge is 0.504 e. The Bertz CT molecular complexity index is 1050. The van der Waals surface area contributed by atoms with Crippen LogP contribution < -0.4 is 10.6 Å². The number of aromatic nitrogens is 2. The third-order valence-corrected chi connectivity index (χ3v) is 7.85. The van der Waals surface area contributed by atoms with Crippen LogP contribution in [0.2, 0.25) is 0 Å². The molecule has 0 amide bonds. The van der Waals surface area contributed by atoms with Crippen LogP contribution in [0.1, 0.15) is 30.9 Å². The zero-order valence-electron chi connectivity index (χ0n) is 15.8. The lowest BCUT2D eigenvalue weighted by Crippen LogP contribution is -2.21. The molecule has 28 heavy (non-hydrogen) atoms. The van der Waals surface area contributed by atoms with E-state index in [1.165, 1.54) is 19.5 Å². The standard InChI is InChI=1S/C16H21N5O4S3/c1-5-10(12-7-6-9(2)25-12)17-14-15(20-27-19-14)18-11-8-26-16(13(11)22)28(23,24)21(3)4/h6-8,10,22H,5H2,1-4H3,(H,17,19)(H,18,20)/t10-/m1/s1. The Balaban J connectivity index is 1.83. The third kappa shape index (κ3) is 3.99. The second-order valence-electron chi connectivity index (χ2n) is 6.21. The van der Waals surface area contributed by atoms with Gasteiger partial charge in [-0.15, -0.1) is 11.3 Å². The number of aryl methyl sites for hydroxylation is 1. The molecule has 3 aromatic rings. The van der Waals surface area contributed by atoms with Crippen molar-refractivity contribution in [1.29, 1.82) is 0 Å². The minimum Gasteiger partial charge on any atom is -0.504 e. The number of sulfonamides is 1. The summed E-state index contributed by atoms with van der Waals surface area (Å²) >= 11 is 1.94. The van der Waals surface area contributed by atoms with Crippen molar-refractivity contribution in [3.8, 4) is 5.75 Å². The highest BCUT2D eigenvalue weighted by molar-refractivity contribution is 7.91. The molecule has 0 saturated carbocycles. The number of anilines is 3. The number of furan rings is 1. The number of thiophene rings is 1. The Morgan fingerprint density at radius 3 is 2.61 bits per heavy atom. The molecule has 0 unspecified atom stereocenters. The van der Waals surface area contributed by atoms with Crippen molar-refractivity contribution < 1.29 is 17.9 Å². The molecule has 1 atom stereocenters. The van der Waals surface area contributed by atoms with E-state index in [-0.39, 0.29) is 21.7 Å². The van der Waals surface area contributed by atoms with Crippen LogP contribution in [0, 0.1) is 6.92 Å². The zero-order chi connectivity index (χ0) is 20.5. The van der Waals surface area contributed by atoms with E-state index in [9.17, 15) is 13.5 Å². The van der Waals surface area contributed by atoms with Crippen LogP contribution in [0.15, 0.2) is 26.1 Å². The van der Waals surface area contributed by atoms with Gasteiger partial charge in [0.25, 0.3) is 10.0 Å². The van der Waals surface area contributed by atoms with Crippen molar-refractivity contribution in [1.82, 2.24) is 13.1 Å². The van der Waals surface area contributed by atoms with Crippen molar-refractivity contribution in [3.63, 3.8) is 0 Å². The minimum absolute atomic E-state index is 0.0982. The number of hydrogen-bond donors (Lipinski definition) is 3. The van der Waals surface area contributed by atoms with Gasteiger partial charge in [-0.3, -0.25) is 0 Å². The molecule has 0 saturated heterocycles. The fourth-order valence-corrected chi connectivity index (χ4v) is 5.30. The van der Waals surface area contributed by atoms with Gasteiger partial charge in [0, 0.05) is 19.5 Å². The molecule has 3 heterocycles. The Kier molecular flexibility index (Phi) is 5.93.